The summed E-state index contributed by atoms with van der Waals surface area (Å²) in [4.78, 5) is -3.36. The predicted molar refractivity (Wildman–Crippen MR) is 50.3 cm³/mol. The fraction of sp³-hybridized carbons (Fsp3) is 0.250. The van der Waals surface area contributed by atoms with Gasteiger partial charge in [0.25, 0.3) is 0 Å². The van der Waals surface area contributed by atoms with Crippen LogP contribution in [0.25, 0.3) is 0 Å². The second-order valence-corrected chi connectivity index (χ2v) is 3.93. The Bertz CT molecular complexity index is 300. The third-order valence-corrected chi connectivity index (χ3v) is 2.29. The van der Waals surface area contributed by atoms with Crippen LogP contribution in [0.2, 0.25) is 5.02 Å². The fourth-order valence-corrected chi connectivity index (χ4v) is 1.36. The van der Waals surface area contributed by atoms with Crippen molar-refractivity contribution in [1.29, 1.82) is 0 Å². The Labute approximate surface area is 87.5 Å². The Balaban J connectivity index is 3.02. The van der Waals surface area contributed by atoms with Crippen molar-refractivity contribution in [1.82, 2.24) is 0 Å². The first-order chi connectivity index (χ1) is 5.93. The molecule has 0 radical (unpaired) electrons. The molecule has 0 aliphatic rings. The zero-order valence-electron chi connectivity index (χ0n) is 6.35. The highest BCUT2D eigenvalue weighted by atomic mass is 79.9. The topological polar surface area (TPSA) is 20.2 Å². The minimum absolute atomic E-state index is 0.00559. The summed E-state index contributed by atoms with van der Waals surface area (Å²) in [5, 5.41) is 9.28. The molecule has 1 aromatic rings. The monoisotopic (exact) mass is 270 g/mol. The highest BCUT2D eigenvalue weighted by molar-refractivity contribution is 9.10. The van der Waals surface area contributed by atoms with Gasteiger partial charge in [-0.3, -0.25) is 0 Å². The molecule has 0 saturated heterocycles. The van der Waals surface area contributed by atoms with E-state index < -0.39 is 10.9 Å². The normalized spacial score (nSPS) is 14.2. The average Bonchev–Trinajstić information content (AvgIpc) is 2.02. The van der Waals surface area contributed by atoms with Gasteiger partial charge >= 0.3 is 4.83 Å². The second kappa shape index (κ2) is 3.90. The third kappa shape index (κ3) is 2.62. The van der Waals surface area contributed by atoms with Crippen LogP contribution in [0.1, 0.15) is 11.7 Å². The van der Waals surface area contributed by atoms with E-state index in [0.29, 0.717) is 0 Å². The highest BCUT2D eigenvalue weighted by Gasteiger charge is 2.37. The quantitative estimate of drug-likeness (QED) is 0.818. The molecule has 0 bridgehead atoms. The summed E-state index contributed by atoms with van der Waals surface area (Å²) in [7, 11) is 0. The van der Waals surface area contributed by atoms with Crippen LogP contribution in [-0.2, 0) is 0 Å². The molecule has 0 aliphatic carbocycles. The first-order valence-corrected chi connectivity index (χ1v) is 4.59. The summed E-state index contributed by atoms with van der Waals surface area (Å²) in [6.07, 6.45) is -1.93. The van der Waals surface area contributed by atoms with Crippen LogP contribution in [0.15, 0.2) is 24.3 Å². The van der Waals surface area contributed by atoms with E-state index >= 15 is 0 Å². The first-order valence-electron chi connectivity index (χ1n) is 3.42. The Morgan fingerprint density at radius 3 is 2.38 bits per heavy atom. The molecule has 1 aromatic carbocycles. The van der Waals surface area contributed by atoms with E-state index in [-0.39, 0.29) is 10.6 Å². The minimum Gasteiger partial charge on any atom is -0.381 e. The molecule has 0 amide bonds. The largest absolute Gasteiger partial charge is 0.381 e. The molecule has 1 nitrogen and oxygen atoms in total. The molecule has 0 aliphatic heterocycles. The molecule has 0 heterocycles. The van der Waals surface area contributed by atoms with Crippen molar-refractivity contribution >= 4 is 27.5 Å². The van der Waals surface area contributed by atoms with Gasteiger partial charge in [0, 0.05) is 10.6 Å². The third-order valence-electron chi connectivity index (χ3n) is 1.51. The lowest BCUT2D eigenvalue weighted by Crippen LogP contribution is -2.18. The number of halogens is 4. The van der Waals surface area contributed by atoms with E-state index in [1.807, 2.05) is 0 Å². The van der Waals surface area contributed by atoms with Gasteiger partial charge in [-0.25, -0.2) is 0 Å². The van der Waals surface area contributed by atoms with Gasteiger partial charge < -0.3 is 5.11 Å². The summed E-state index contributed by atoms with van der Waals surface area (Å²) in [6.45, 7) is 0. The van der Waals surface area contributed by atoms with E-state index in [4.69, 9.17) is 16.7 Å². The lowest BCUT2D eigenvalue weighted by molar-refractivity contribution is -0.0294. The maximum Gasteiger partial charge on any atom is 0.330 e. The molecule has 72 valence electrons. The summed E-state index contributed by atoms with van der Waals surface area (Å²) < 4.78 is 25.2. The molecule has 13 heavy (non-hydrogen) atoms. The Hall–Kier alpha value is -0.190. The number of benzene rings is 1. The predicted octanol–water partition coefficient (Wildman–Crippen LogP) is 3.36. The number of aliphatic hydroxyl groups excluding tert-OH is 1. The van der Waals surface area contributed by atoms with Crippen molar-refractivity contribution in [2.24, 2.45) is 0 Å². The van der Waals surface area contributed by atoms with Gasteiger partial charge in [-0.1, -0.05) is 29.8 Å². The van der Waals surface area contributed by atoms with Crippen LogP contribution in [0, 0.1) is 0 Å². The number of hydrogen-bond donors (Lipinski definition) is 1. The molecular weight excluding hydrogens is 265 g/mol. The molecule has 5 heteroatoms. The summed E-state index contributed by atoms with van der Waals surface area (Å²) in [6, 6.07) is 5.93. The lowest BCUT2D eigenvalue weighted by Gasteiger charge is -2.17. The number of hydrogen-bond acceptors (Lipinski definition) is 1. The van der Waals surface area contributed by atoms with E-state index in [0.717, 1.165) is 0 Å². The van der Waals surface area contributed by atoms with Crippen LogP contribution in [0.4, 0.5) is 8.78 Å². The van der Waals surface area contributed by atoms with Gasteiger partial charge in [-0.2, -0.15) is 8.78 Å². The van der Waals surface area contributed by atoms with Gasteiger partial charge in [0.2, 0.25) is 0 Å². The zero-order chi connectivity index (χ0) is 10.1. The summed E-state index contributed by atoms with van der Waals surface area (Å²) in [5.74, 6) is 0. The standard InChI is InChI=1S/C8H6BrClF2O/c9-8(11,12)7(13)5-3-1-2-4-6(5)10/h1-4,7,13H. The van der Waals surface area contributed by atoms with Gasteiger partial charge in [0.15, 0.2) is 6.10 Å². The minimum atomic E-state index is -3.36. The molecule has 0 saturated carbocycles. The van der Waals surface area contributed by atoms with E-state index in [1.165, 1.54) is 18.2 Å². The Morgan fingerprint density at radius 1 is 1.38 bits per heavy atom. The van der Waals surface area contributed by atoms with Crippen LogP contribution in [-0.4, -0.2) is 9.94 Å². The molecule has 0 fully saturated rings. The van der Waals surface area contributed by atoms with Crippen molar-refractivity contribution in [3.05, 3.63) is 34.9 Å². The molecule has 1 unspecified atom stereocenters. The molecule has 0 spiro atoms. The van der Waals surface area contributed by atoms with E-state index in [1.54, 1.807) is 6.07 Å². The van der Waals surface area contributed by atoms with Gasteiger partial charge in [-0.15, -0.1) is 0 Å². The fourth-order valence-electron chi connectivity index (χ4n) is 0.873. The molecule has 0 aromatic heterocycles. The number of alkyl halides is 3. The Morgan fingerprint density at radius 2 is 1.92 bits per heavy atom. The molecule has 1 rings (SSSR count). The van der Waals surface area contributed by atoms with Crippen LogP contribution in [0.3, 0.4) is 0 Å². The molecule has 1 atom stereocenters. The summed E-state index contributed by atoms with van der Waals surface area (Å²) >= 11 is 7.68. The van der Waals surface area contributed by atoms with Crippen LogP contribution < -0.4 is 0 Å². The Kier molecular flexibility index (Phi) is 3.27. The van der Waals surface area contributed by atoms with E-state index in [2.05, 4.69) is 15.9 Å². The summed E-state index contributed by atoms with van der Waals surface area (Å²) in [5.41, 5.74) is 0.00559. The van der Waals surface area contributed by atoms with Crippen molar-refractivity contribution in [3.8, 4) is 0 Å². The number of rotatable bonds is 2. The van der Waals surface area contributed by atoms with Gasteiger partial charge in [-0.05, 0) is 22.0 Å². The highest BCUT2D eigenvalue weighted by Crippen LogP contribution is 2.38. The van der Waals surface area contributed by atoms with Crippen molar-refractivity contribution in [2.45, 2.75) is 10.9 Å². The van der Waals surface area contributed by atoms with E-state index in [9.17, 15) is 8.78 Å². The SMILES string of the molecule is OC(c1ccccc1Cl)C(F)(F)Br. The van der Waals surface area contributed by atoms with Crippen LogP contribution >= 0.6 is 27.5 Å². The zero-order valence-corrected chi connectivity index (χ0v) is 8.69. The van der Waals surface area contributed by atoms with Crippen LogP contribution in [0.5, 0.6) is 0 Å². The maximum absolute atomic E-state index is 12.6. The van der Waals surface area contributed by atoms with Crippen molar-refractivity contribution in [3.63, 3.8) is 0 Å². The second-order valence-electron chi connectivity index (χ2n) is 2.47. The van der Waals surface area contributed by atoms with Gasteiger partial charge in [0.05, 0.1) is 0 Å². The smallest absolute Gasteiger partial charge is 0.330 e. The average molecular weight is 271 g/mol. The van der Waals surface area contributed by atoms with Gasteiger partial charge in [0.1, 0.15) is 0 Å². The lowest BCUT2D eigenvalue weighted by atomic mass is 10.1. The first kappa shape index (κ1) is 10.9. The number of aliphatic hydroxyl groups is 1. The van der Waals surface area contributed by atoms with Crippen molar-refractivity contribution < 1.29 is 13.9 Å². The molecular formula is C8H6BrClF2O. The van der Waals surface area contributed by atoms with Crippen molar-refractivity contribution in [2.75, 3.05) is 0 Å². The molecule has 1 N–H and O–H groups in total. The maximum atomic E-state index is 12.6.